The first-order valence-corrected chi connectivity index (χ1v) is 4.99. The maximum atomic E-state index is 11.6. The van der Waals surface area contributed by atoms with Crippen molar-refractivity contribution in [2.75, 3.05) is 6.54 Å². The third-order valence-electron chi connectivity index (χ3n) is 1.77. The largest absolute Gasteiger partial charge is 0.443 e. The Kier molecular flexibility index (Phi) is 3.66. The van der Waals surface area contributed by atoms with Crippen molar-refractivity contribution in [2.24, 2.45) is 5.73 Å². The number of hydrogen-bond donors (Lipinski definition) is 2. The van der Waals surface area contributed by atoms with Crippen LogP contribution in [0.5, 0.6) is 0 Å². The summed E-state index contributed by atoms with van der Waals surface area (Å²) in [6.07, 6.45) is 1.31. The minimum absolute atomic E-state index is 0.0608. The van der Waals surface area contributed by atoms with E-state index in [-0.39, 0.29) is 6.54 Å². The number of aliphatic hydroxyl groups is 1. The smallest absolute Gasteiger partial charge is 0.419 e. The van der Waals surface area contributed by atoms with Gasteiger partial charge in [-0.25, -0.2) is 14.3 Å². The molecule has 1 rings (SSSR count). The SMILES string of the molecule is CC(C)(C)OC(=O)n1cnc([C@@H](O)CN)c1. The van der Waals surface area contributed by atoms with Crippen LogP contribution >= 0.6 is 0 Å². The molecule has 0 radical (unpaired) electrons. The molecule has 0 aliphatic carbocycles. The summed E-state index contributed by atoms with van der Waals surface area (Å²) in [5.74, 6) is 0. The fourth-order valence-electron chi connectivity index (χ4n) is 1.05. The molecule has 0 bridgehead atoms. The van der Waals surface area contributed by atoms with Crippen molar-refractivity contribution in [2.45, 2.75) is 32.5 Å². The Morgan fingerprint density at radius 1 is 1.69 bits per heavy atom. The van der Waals surface area contributed by atoms with Crippen LogP contribution in [0.15, 0.2) is 12.5 Å². The maximum Gasteiger partial charge on any atom is 0.419 e. The van der Waals surface area contributed by atoms with Gasteiger partial charge in [0.05, 0.1) is 5.69 Å². The number of aromatic nitrogens is 2. The second-order valence-corrected chi connectivity index (χ2v) is 4.44. The zero-order valence-corrected chi connectivity index (χ0v) is 9.67. The van der Waals surface area contributed by atoms with Crippen LogP contribution in [-0.2, 0) is 4.74 Å². The Hall–Kier alpha value is -1.40. The van der Waals surface area contributed by atoms with Crippen LogP contribution in [0.3, 0.4) is 0 Å². The Labute approximate surface area is 94.0 Å². The third-order valence-corrected chi connectivity index (χ3v) is 1.77. The molecule has 0 amide bonds. The zero-order valence-electron chi connectivity index (χ0n) is 9.67. The van der Waals surface area contributed by atoms with Crippen LogP contribution in [0.25, 0.3) is 0 Å². The van der Waals surface area contributed by atoms with E-state index in [4.69, 9.17) is 10.5 Å². The summed E-state index contributed by atoms with van der Waals surface area (Å²) >= 11 is 0. The van der Waals surface area contributed by atoms with E-state index < -0.39 is 17.8 Å². The standard InChI is InChI=1S/C10H17N3O3/c1-10(2,3)16-9(15)13-5-7(12-6-13)8(14)4-11/h5-6,8,14H,4,11H2,1-3H3/t8-/m0/s1. The lowest BCUT2D eigenvalue weighted by molar-refractivity contribution is 0.0536. The average Bonchev–Trinajstić information content (AvgIpc) is 2.62. The van der Waals surface area contributed by atoms with Gasteiger partial charge in [-0.15, -0.1) is 0 Å². The predicted molar refractivity (Wildman–Crippen MR) is 57.9 cm³/mol. The molecule has 0 aliphatic rings. The molecule has 0 fully saturated rings. The number of carbonyl (C=O) groups is 1. The summed E-state index contributed by atoms with van der Waals surface area (Å²) < 4.78 is 6.30. The zero-order chi connectivity index (χ0) is 12.3. The average molecular weight is 227 g/mol. The van der Waals surface area contributed by atoms with E-state index >= 15 is 0 Å². The van der Waals surface area contributed by atoms with Gasteiger partial charge in [0.1, 0.15) is 18.0 Å². The van der Waals surface area contributed by atoms with Crippen LogP contribution in [0.1, 0.15) is 32.6 Å². The number of aliphatic hydroxyl groups excluding tert-OH is 1. The van der Waals surface area contributed by atoms with E-state index in [1.54, 1.807) is 20.8 Å². The molecule has 6 heteroatoms. The van der Waals surface area contributed by atoms with Crippen LogP contribution < -0.4 is 5.73 Å². The van der Waals surface area contributed by atoms with Gasteiger partial charge < -0.3 is 15.6 Å². The first kappa shape index (κ1) is 12.7. The van der Waals surface area contributed by atoms with Crippen molar-refractivity contribution in [1.29, 1.82) is 0 Å². The van der Waals surface area contributed by atoms with Gasteiger partial charge in [0.15, 0.2) is 0 Å². The minimum atomic E-state index is -0.858. The molecule has 6 nitrogen and oxygen atoms in total. The van der Waals surface area contributed by atoms with Crippen molar-refractivity contribution in [1.82, 2.24) is 9.55 Å². The van der Waals surface area contributed by atoms with Gasteiger partial charge in [0, 0.05) is 12.7 Å². The third kappa shape index (κ3) is 3.32. The highest BCUT2D eigenvalue weighted by Gasteiger charge is 2.19. The van der Waals surface area contributed by atoms with Gasteiger partial charge in [0.25, 0.3) is 0 Å². The van der Waals surface area contributed by atoms with Crippen molar-refractivity contribution in [3.63, 3.8) is 0 Å². The Morgan fingerprint density at radius 2 is 2.31 bits per heavy atom. The number of nitrogens with two attached hydrogens (primary N) is 1. The van der Waals surface area contributed by atoms with E-state index in [2.05, 4.69) is 4.98 Å². The Bertz CT molecular complexity index is 368. The van der Waals surface area contributed by atoms with Gasteiger partial charge in [-0.3, -0.25) is 0 Å². The normalized spacial score (nSPS) is 13.6. The summed E-state index contributed by atoms with van der Waals surface area (Å²) in [5.41, 5.74) is 5.07. The highest BCUT2D eigenvalue weighted by atomic mass is 16.6. The lowest BCUT2D eigenvalue weighted by Gasteiger charge is -2.19. The number of rotatable bonds is 2. The van der Waals surface area contributed by atoms with Crippen molar-refractivity contribution in [3.05, 3.63) is 18.2 Å². The molecule has 0 unspecified atom stereocenters. The second kappa shape index (κ2) is 4.63. The summed E-state index contributed by atoms with van der Waals surface area (Å²) in [6.45, 7) is 5.39. The van der Waals surface area contributed by atoms with Gasteiger partial charge in [-0.1, -0.05) is 0 Å². The summed E-state index contributed by atoms with van der Waals surface area (Å²) in [6, 6.07) is 0. The molecule has 3 N–H and O–H groups in total. The van der Waals surface area contributed by atoms with Crippen LogP contribution in [0, 0.1) is 0 Å². The predicted octanol–water partition coefficient (Wildman–Crippen LogP) is 0.658. The Morgan fingerprint density at radius 3 is 2.81 bits per heavy atom. The van der Waals surface area contributed by atoms with Gasteiger partial charge in [-0.05, 0) is 20.8 Å². The number of ether oxygens (including phenoxy) is 1. The monoisotopic (exact) mass is 227 g/mol. The van der Waals surface area contributed by atoms with E-state index in [1.165, 1.54) is 17.1 Å². The van der Waals surface area contributed by atoms with E-state index in [0.29, 0.717) is 5.69 Å². The quantitative estimate of drug-likeness (QED) is 0.774. The highest BCUT2D eigenvalue weighted by Crippen LogP contribution is 2.11. The molecule has 1 aromatic heterocycles. The first-order chi connectivity index (χ1) is 7.33. The molecule has 1 heterocycles. The fraction of sp³-hybridized carbons (Fsp3) is 0.600. The first-order valence-electron chi connectivity index (χ1n) is 4.99. The van der Waals surface area contributed by atoms with Crippen molar-refractivity contribution < 1.29 is 14.6 Å². The molecule has 0 saturated carbocycles. The van der Waals surface area contributed by atoms with Crippen molar-refractivity contribution in [3.8, 4) is 0 Å². The maximum absolute atomic E-state index is 11.6. The van der Waals surface area contributed by atoms with Crippen molar-refractivity contribution >= 4 is 6.09 Å². The lowest BCUT2D eigenvalue weighted by Crippen LogP contribution is -2.26. The van der Waals surface area contributed by atoms with Crippen LogP contribution in [0.2, 0.25) is 0 Å². The fourth-order valence-corrected chi connectivity index (χ4v) is 1.05. The summed E-state index contributed by atoms with van der Waals surface area (Å²) in [4.78, 5) is 15.4. The molecule has 90 valence electrons. The molecule has 0 saturated heterocycles. The van der Waals surface area contributed by atoms with Crippen LogP contribution in [0.4, 0.5) is 4.79 Å². The van der Waals surface area contributed by atoms with E-state index in [0.717, 1.165) is 0 Å². The Balaban J connectivity index is 2.75. The lowest BCUT2D eigenvalue weighted by atomic mass is 10.2. The van der Waals surface area contributed by atoms with Crippen LogP contribution in [-0.4, -0.2) is 32.9 Å². The minimum Gasteiger partial charge on any atom is -0.443 e. The molecular formula is C10H17N3O3. The van der Waals surface area contributed by atoms with Gasteiger partial charge in [-0.2, -0.15) is 0 Å². The summed E-state index contributed by atoms with van der Waals surface area (Å²) in [5, 5.41) is 9.40. The topological polar surface area (TPSA) is 90.4 Å². The number of imidazole rings is 1. The molecule has 0 aliphatic heterocycles. The summed E-state index contributed by atoms with van der Waals surface area (Å²) in [7, 11) is 0. The number of carbonyl (C=O) groups excluding carboxylic acids is 1. The molecule has 0 aromatic carbocycles. The molecule has 1 atom stereocenters. The molecule has 16 heavy (non-hydrogen) atoms. The number of hydrogen-bond acceptors (Lipinski definition) is 5. The second-order valence-electron chi connectivity index (χ2n) is 4.44. The molecular weight excluding hydrogens is 210 g/mol. The molecule has 1 aromatic rings. The van der Waals surface area contributed by atoms with E-state index in [1.807, 2.05) is 0 Å². The number of nitrogens with zero attached hydrogens (tertiary/aromatic N) is 2. The van der Waals surface area contributed by atoms with Gasteiger partial charge >= 0.3 is 6.09 Å². The van der Waals surface area contributed by atoms with E-state index in [9.17, 15) is 9.90 Å². The van der Waals surface area contributed by atoms with Gasteiger partial charge in [0.2, 0.25) is 0 Å². The molecule has 0 spiro atoms. The highest BCUT2D eigenvalue weighted by molar-refractivity contribution is 5.70.